The lowest BCUT2D eigenvalue weighted by molar-refractivity contribution is -0.115. The van der Waals surface area contributed by atoms with Gasteiger partial charge in [-0.2, -0.15) is 0 Å². The minimum absolute atomic E-state index is 0.0142. The van der Waals surface area contributed by atoms with Crippen molar-refractivity contribution >= 4 is 47.4 Å². The van der Waals surface area contributed by atoms with Crippen LogP contribution >= 0.6 is 0 Å². The van der Waals surface area contributed by atoms with Crippen LogP contribution in [0.3, 0.4) is 0 Å². The Hall–Kier alpha value is -4.39. The number of hydrogen-bond acceptors (Lipinski definition) is 6. The number of aromatic amines is 1. The quantitative estimate of drug-likeness (QED) is 0.390. The van der Waals surface area contributed by atoms with Gasteiger partial charge in [0.15, 0.2) is 5.78 Å². The van der Waals surface area contributed by atoms with E-state index in [4.69, 9.17) is 15.0 Å². The maximum Gasteiger partial charge on any atom is 0.172 e. The zero-order valence-corrected chi connectivity index (χ0v) is 24.2. The highest BCUT2D eigenvalue weighted by atomic mass is 16.3. The molecule has 0 saturated heterocycles. The predicted molar refractivity (Wildman–Crippen MR) is 165 cm³/mol. The summed E-state index contributed by atoms with van der Waals surface area (Å²) >= 11 is 0. The summed E-state index contributed by atoms with van der Waals surface area (Å²) in [5.41, 5.74) is 12.3. The van der Waals surface area contributed by atoms with Gasteiger partial charge in [0.25, 0.3) is 0 Å². The summed E-state index contributed by atoms with van der Waals surface area (Å²) in [6, 6.07) is 0. The number of aliphatic imine (C=N–C) groups is 3. The second kappa shape index (κ2) is 9.91. The van der Waals surface area contributed by atoms with E-state index >= 15 is 0 Å². The van der Waals surface area contributed by atoms with Crippen LogP contribution in [0.2, 0.25) is 0 Å². The topological polar surface area (TPSA) is 107 Å². The fraction of sp³-hybridized carbons (Fsp3) is 0.324. The highest BCUT2D eigenvalue weighted by Gasteiger charge is 2.43. The van der Waals surface area contributed by atoms with Crippen LogP contribution in [0.4, 0.5) is 0 Å². The van der Waals surface area contributed by atoms with Crippen LogP contribution in [-0.4, -0.2) is 39.3 Å². The van der Waals surface area contributed by atoms with Gasteiger partial charge in [-0.1, -0.05) is 26.5 Å². The Morgan fingerprint density at radius 3 is 2.51 bits per heavy atom. The van der Waals surface area contributed by atoms with Crippen molar-refractivity contribution in [2.24, 2.45) is 26.8 Å². The van der Waals surface area contributed by atoms with Crippen LogP contribution in [0.5, 0.6) is 0 Å². The van der Waals surface area contributed by atoms with Crippen LogP contribution in [0.25, 0.3) is 18.2 Å². The Morgan fingerprint density at radius 2 is 1.80 bits per heavy atom. The Kier molecular flexibility index (Phi) is 6.48. The maximum absolute atomic E-state index is 13.3. The van der Waals surface area contributed by atoms with Gasteiger partial charge in [-0.15, -0.1) is 0 Å². The number of nitrogens with zero attached hydrogens (tertiary/aromatic N) is 3. The molecule has 8 bridgehead atoms. The smallest absolute Gasteiger partial charge is 0.172 e. The van der Waals surface area contributed by atoms with Gasteiger partial charge in [0, 0.05) is 46.5 Å². The first-order valence-electron chi connectivity index (χ1n) is 14.3. The van der Waals surface area contributed by atoms with Crippen molar-refractivity contribution in [1.82, 2.24) is 4.98 Å². The normalized spacial score (nSPS) is 23.4. The number of aliphatic hydroxyl groups is 1. The molecule has 1 aromatic rings. The number of nitrogens with one attached hydrogen (secondary N) is 1. The summed E-state index contributed by atoms with van der Waals surface area (Å²) in [5.74, 6) is -0.298. The van der Waals surface area contributed by atoms with Crippen LogP contribution in [0.1, 0.15) is 75.9 Å². The number of hydrogen-bond donors (Lipinski definition) is 2. The highest BCUT2D eigenvalue weighted by molar-refractivity contribution is 6.42. The molecule has 0 spiro atoms. The molecule has 0 saturated carbocycles. The molecule has 2 unspecified atom stereocenters. The summed E-state index contributed by atoms with van der Waals surface area (Å²) in [6.45, 7) is 14.3. The van der Waals surface area contributed by atoms with Gasteiger partial charge in [0.05, 0.1) is 40.5 Å². The number of carbonyl (C=O) groups excluding carboxylic acids is 2. The maximum atomic E-state index is 13.3. The molecule has 0 amide bonds. The standard InChI is InChI=1S/C34H34N4O3/c1-7-20-16(3)23-12-25-18(5)22(10-9-11-39)33(37-25)32-30(41)15-29(40)31-19(6)26(38-34(31)32)14-28-21(8-2)17(4)24(36-28)13-27(20)35-23/h7,11-14,18,22,35,41H,1,8-10,15H2,2-6H3. The number of ketones is 1. The summed E-state index contributed by atoms with van der Waals surface area (Å²) in [6.07, 6.45) is 10.5. The van der Waals surface area contributed by atoms with Gasteiger partial charge in [-0.3, -0.25) is 9.79 Å². The number of fused-ring (bicyclic) bond motifs is 6. The van der Waals surface area contributed by atoms with Crippen molar-refractivity contribution in [2.45, 2.75) is 60.3 Å². The molecule has 6 rings (SSSR count). The third-order valence-electron chi connectivity index (χ3n) is 9.04. The average Bonchev–Trinajstić information content (AvgIpc) is 3.61. The van der Waals surface area contributed by atoms with E-state index in [1.165, 1.54) is 0 Å². The molecule has 1 aliphatic carbocycles. The summed E-state index contributed by atoms with van der Waals surface area (Å²) in [4.78, 5) is 43.3. The van der Waals surface area contributed by atoms with Crippen molar-refractivity contribution in [1.29, 1.82) is 0 Å². The Bertz CT molecular complexity index is 1740. The van der Waals surface area contributed by atoms with Crippen LogP contribution in [0.15, 0.2) is 78.3 Å². The van der Waals surface area contributed by atoms with E-state index in [-0.39, 0.29) is 29.8 Å². The van der Waals surface area contributed by atoms with E-state index in [2.05, 4.69) is 51.4 Å². The number of rotatable bonds is 5. The lowest BCUT2D eigenvalue weighted by atomic mass is 9.78. The minimum atomic E-state index is -0.154. The molecule has 41 heavy (non-hydrogen) atoms. The Balaban J connectivity index is 1.68. The average molecular weight is 547 g/mol. The molecule has 1 aromatic heterocycles. The lowest BCUT2D eigenvalue weighted by Gasteiger charge is -2.23. The number of aldehydes is 1. The van der Waals surface area contributed by atoms with Crippen LogP contribution in [-0.2, 0) is 9.59 Å². The number of H-pyrrole nitrogens is 1. The predicted octanol–water partition coefficient (Wildman–Crippen LogP) is 6.97. The molecule has 0 aromatic carbocycles. The number of aliphatic hydroxyl groups excluding tert-OH is 1. The number of allylic oxidation sites excluding steroid dienone is 8. The van der Waals surface area contributed by atoms with E-state index in [0.717, 1.165) is 69.0 Å². The fourth-order valence-electron chi connectivity index (χ4n) is 6.69. The second-order valence-corrected chi connectivity index (χ2v) is 11.3. The molecule has 5 heterocycles. The molecule has 0 fully saturated rings. The number of Topliss-reactive ketones (excluding diaryl/α,β-unsaturated/α-hetero) is 1. The molecule has 2 N–H and O–H groups in total. The first-order valence-corrected chi connectivity index (χ1v) is 14.3. The summed E-state index contributed by atoms with van der Waals surface area (Å²) < 4.78 is 0. The van der Waals surface area contributed by atoms with Crippen LogP contribution < -0.4 is 0 Å². The van der Waals surface area contributed by atoms with E-state index in [1.807, 2.05) is 19.1 Å². The van der Waals surface area contributed by atoms with Gasteiger partial charge < -0.3 is 14.9 Å². The number of aromatic nitrogens is 1. The molecular formula is C34H34N4O3. The molecule has 0 radical (unpaired) electrons. The van der Waals surface area contributed by atoms with Gasteiger partial charge in [-0.25, -0.2) is 9.98 Å². The van der Waals surface area contributed by atoms with Crippen molar-refractivity contribution in [3.63, 3.8) is 0 Å². The van der Waals surface area contributed by atoms with E-state index in [1.54, 1.807) is 0 Å². The first-order chi connectivity index (χ1) is 19.7. The van der Waals surface area contributed by atoms with Crippen molar-refractivity contribution in [2.75, 3.05) is 0 Å². The lowest BCUT2D eigenvalue weighted by Crippen LogP contribution is -2.30. The molecular weight excluding hydrogens is 512 g/mol. The largest absolute Gasteiger partial charge is 0.511 e. The third kappa shape index (κ3) is 4.05. The molecule has 7 nitrogen and oxygen atoms in total. The van der Waals surface area contributed by atoms with Gasteiger partial charge in [-0.05, 0) is 74.1 Å². The summed E-state index contributed by atoms with van der Waals surface area (Å²) in [5, 5.41) is 11.3. The van der Waals surface area contributed by atoms with Crippen molar-refractivity contribution in [3.05, 3.63) is 85.9 Å². The Morgan fingerprint density at radius 1 is 1.05 bits per heavy atom. The molecule has 5 aliphatic rings. The molecule has 4 aliphatic heterocycles. The monoisotopic (exact) mass is 546 g/mol. The number of carbonyl (C=O) groups is 2. The first kappa shape index (κ1) is 26.8. The highest BCUT2D eigenvalue weighted by Crippen LogP contribution is 2.43. The zero-order valence-electron chi connectivity index (χ0n) is 24.2. The van der Waals surface area contributed by atoms with E-state index in [9.17, 15) is 14.7 Å². The summed E-state index contributed by atoms with van der Waals surface area (Å²) in [7, 11) is 0. The van der Waals surface area contributed by atoms with Crippen molar-refractivity contribution in [3.8, 4) is 0 Å². The zero-order chi connectivity index (χ0) is 29.2. The molecule has 7 heteroatoms. The SMILES string of the molecule is C=Cc1c2[nH]c(c1C)C=C1N=C(C3=C(O)CC(=O)C4=C(C)C(=CC5=NC(=C2)C(C)=C5CC)N=C34)C(CCC=O)C1C. The van der Waals surface area contributed by atoms with Gasteiger partial charge in [0.2, 0.25) is 0 Å². The van der Waals surface area contributed by atoms with E-state index < -0.39 is 0 Å². The van der Waals surface area contributed by atoms with Gasteiger partial charge in [0.1, 0.15) is 12.0 Å². The Labute approximate surface area is 240 Å². The van der Waals surface area contributed by atoms with Gasteiger partial charge >= 0.3 is 0 Å². The minimum Gasteiger partial charge on any atom is -0.511 e. The third-order valence-corrected chi connectivity index (χ3v) is 9.04. The van der Waals surface area contributed by atoms with Crippen LogP contribution in [0, 0.1) is 18.8 Å². The van der Waals surface area contributed by atoms with E-state index in [0.29, 0.717) is 41.1 Å². The molecule has 2 atom stereocenters. The molecule has 208 valence electrons. The van der Waals surface area contributed by atoms with Crippen molar-refractivity contribution < 1.29 is 14.7 Å². The fourth-order valence-corrected chi connectivity index (χ4v) is 6.69. The second-order valence-electron chi connectivity index (χ2n) is 11.3.